The Labute approximate surface area is 197 Å². The van der Waals surface area contributed by atoms with E-state index in [1.165, 1.54) is 7.11 Å². The predicted molar refractivity (Wildman–Crippen MR) is 126 cm³/mol. The number of nitrogens with one attached hydrogen (secondary N) is 2. The highest BCUT2D eigenvalue weighted by Crippen LogP contribution is 2.40. The molecule has 8 heteroatoms. The van der Waals surface area contributed by atoms with Crippen LogP contribution >= 0.6 is 0 Å². The standard InChI is InChI=1S/C25H39N3O5/c1-17(21(22(29)31-5)28-23(30)33-24(2,3)4)16-32-25(12-7-13-25)14-11-18-9-10-19-20(27-18)8-6-15-26-19/h9-10,17,21,26H,6-8,11-16H2,1-5H3,(H,28,30). The van der Waals surface area contributed by atoms with Crippen molar-refractivity contribution in [2.24, 2.45) is 5.92 Å². The molecular weight excluding hydrogens is 422 g/mol. The fourth-order valence-electron chi connectivity index (χ4n) is 4.31. The fraction of sp³-hybridized carbons (Fsp3) is 0.720. The molecule has 0 bridgehead atoms. The lowest BCUT2D eigenvalue weighted by Crippen LogP contribution is -2.50. The molecule has 3 rings (SSSR count). The highest BCUT2D eigenvalue weighted by molar-refractivity contribution is 5.81. The molecule has 2 aliphatic rings. The summed E-state index contributed by atoms with van der Waals surface area (Å²) >= 11 is 0. The number of hydrogen-bond donors (Lipinski definition) is 2. The lowest BCUT2D eigenvalue weighted by atomic mass is 9.76. The van der Waals surface area contributed by atoms with Gasteiger partial charge in [-0.25, -0.2) is 9.59 Å². The van der Waals surface area contributed by atoms with E-state index in [-0.39, 0.29) is 11.5 Å². The number of alkyl carbamates (subject to hydrolysis) is 1. The van der Waals surface area contributed by atoms with Gasteiger partial charge in [-0.2, -0.15) is 0 Å². The monoisotopic (exact) mass is 461 g/mol. The van der Waals surface area contributed by atoms with Crippen LogP contribution in [0.3, 0.4) is 0 Å². The minimum Gasteiger partial charge on any atom is -0.467 e. The first-order chi connectivity index (χ1) is 15.6. The van der Waals surface area contributed by atoms with Gasteiger partial charge in [0.2, 0.25) is 0 Å². The molecule has 33 heavy (non-hydrogen) atoms. The minimum atomic E-state index is -0.836. The second kappa shape index (κ2) is 10.7. The number of carbonyl (C=O) groups excluding carboxylic acids is 2. The first-order valence-corrected chi connectivity index (χ1v) is 12.0. The topological polar surface area (TPSA) is 98.8 Å². The summed E-state index contributed by atoms with van der Waals surface area (Å²) in [6.45, 7) is 8.57. The van der Waals surface area contributed by atoms with Gasteiger partial charge in [-0.05, 0) is 77.8 Å². The Bertz CT molecular complexity index is 832. The van der Waals surface area contributed by atoms with E-state index in [9.17, 15) is 9.59 Å². The summed E-state index contributed by atoms with van der Waals surface area (Å²) in [5.41, 5.74) is 2.56. The van der Waals surface area contributed by atoms with Gasteiger partial charge in [-0.3, -0.25) is 4.98 Å². The van der Waals surface area contributed by atoms with E-state index in [4.69, 9.17) is 19.2 Å². The van der Waals surface area contributed by atoms with E-state index in [0.717, 1.165) is 68.6 Å². The van der Waals surface area contributed by atoms with E-state index < -0.39 is 23.7 Å². The van der Waals surface area contributed by atoms with E-state index in [0.29, 0.717) is 6.61 Å². The molecule has 0 saturated heterocycles. The van der Waals surface area contributed by atoms with Crippen LogP contribution in [0.2, 0.25) is 0 Å². The number of fused-ring (bicyclic) bond motifs is 1. The lowest BCUT2D eigenvalue weighted by Gasteiger charge is -2.43. The van der Waals surface area contributed by atoms with Gasteiger partial charge in [0.05, 0.1) is 30.7 Å². The highest BCUT2D eigenvalue weighted by atomic mass is 16.6. The summed E-state index contributed by atoms with van der Waals surface area (Å²) in [4.78, 5) is 29.4. The number of carbonyl (C=O) groups is 2. The average Bonchev–Trinajstić information content (AvgIpc) is 2.74. The van der Waals surface area contributed by atoms with E-state index in [1.54, 1.807) is 20.8 Å². The van der Waals surface area contributed by atoms with Crippen molar-refractivity contribution in [2.45, 2.75) is 89.9 Å². The summed E-state index contributed by atoms with van der Waals surface area (Å²) in [5.74, 6) is -0.776. The van der Waals surface area contributed by atoms with Gasteiger partial charge in [-0.15, -0.1) is 0 Å². The first-order valence-electron chi connectivity index (χ1n) is 12.0. The van der Waals surface area contributed by atoms with Crippen LogP contribution in [0.25, 0.3) is 0 Å². The number of esters is 1. The molecule has 1 aromatic rings. The second-order valence-electron chi connectivity index (χ2n) is 10.3. The average molecular weight is 462 g/mol. The van der Waals surface area contributed by atoms with Gasteiger partial charge >= 0.3 is 12.1 Å². The molecule has 2 unspecified atom stereocenters. The molecule has 2 atom stereocenters. The third-order valence-electron chi connectivity index (χ3n) is 6.39. The van der Waals surface area contributed by atoms with Gasteiger partial charge in [0, 0.05) is 18.2 Å². The van der Waals surface area contributed by atoms with Gasteiger partial charge in [-0.1, -0.05) is 6.92 Å². The minimum absolute atomic E-state index is 0.198. The molecule has 0 aromatic carbocycles. The van der Waals surface area contributed by atoms with Crippen LogP contribution in [0.1, 0.15) is 71.2 Å². The molecule has 1 amide bonds. The number of amides is 1. The molecule has 0 radical (unpaired) electrons. The van der Waals surface area contributed by atoms with Crippen molar-refractivity contribution >= 4 is 17.7 Å². The molecule has 1 fully saturated rings. The summed E-state index contributed by atoms with van der Waals surface area (Å²) in [5, 5.41) is 6.06. The number of rotatable bonds is 9. The third kappa shape index (κ3) is 7.06. The highest BCUT2D eigenvalue weighted by Gasteiger charge is 2.39. The Morgan fingerprint density at radius 3 is 2.64 bits per heavy atom. The summed E-state index contributed by atoms with van der Waals surface area (Å²) in [6.07, 6.45) is 6.37. The van der Waals surface area contributed by atoms with E-state index in [1.807, 2.05) is 6.92 Å². The van der Waals surface area contributed by atoms with Gasteiger partial charge in [0.15, 0.2) is 0 Å². The molecule has 2 heterocycles. The van der Waals surface area contributed by atoms with E-state index in [2.05, 4.69) is 22.8 Å². The molecular formula is C25H39N3O5. The van der Waals surface area contributed by atoms with Gasteiger partial charge < -0.3 is 24.8 Å². The molecule has 8 nitrogen and oxygen atoms in total. The Hall–Kier alpha value is -2.35. The zero-order valence-corrected chi connectivity index (χ0v) is 20.7. The van der Waals surface area contributed by atoms with Crippen molar-refractivity contribution < 1.29 is 23.8 Å². The molecule has 1 aliphatic carbocycles. The summed E-state index contributed by atoms with van der Waals surface area (Å²) in [6, 6.07) is 3.40. The van der Waals surface area contributed by atoms with Crippen molar-refractivity contribution in [3.05, 3.63) is 23.5 Å². The van der Waals surface area contributed by atoms with Gasteiger partial charge in [0.1, 0.15) is 11.6 Å². The fourth-order valence-corrected chi connectivity index (χ4v) is 4.31. The SMILES string of the molecule is COC(=O)C(NC(=O)OC(C)(C)C)C(C)COC1(CCc2ccc3c(n2)CCCN3)CCC1. The Morgan fingerprint density at radius 1 is 1.24 bits per heavy atom. The number of methoxy groups -OCH3 is 1. The van der Waals surface area contributed by atoms with Crippen molar-refractivity contribution in [1.82, 2.24) is 10.3 Å². The second-order valence-corrected chi connectivity index (χ2v) is 10.3. The molecule has 0 spiro atoms. The maximum absolute atomic E-state index is 12.3. The smallest absolute Gasteiger partial charge is 0.408 e. The van der Waals surface area contributed by atoms with Gasteiger partial charge in [0.25, 0.3) is 0 Å². The summed E-state index contributed by atoms with van der Waals surface area (Å²) < 4.78 is 16.6. The number of anilines is 1. The zero-order valence-electron chi connectivity index (χ0n) is 20.7. The largest absolute Gasteiger partial charge is 0.467 e. The van der Waals surface area contributed by atoms with Crippen molar-refractivity contribution in [2.75, 3.05) is 25.6 Å². The first kappa shape index (κ1) is 25.3. The molecule has 1 aromatic heterocycles. The number of ether oxygens (including phenoxy) is 3. The number of hydrogen-bond acceptors (Lipinski definition) is 7. The Balaban J connectivity index is 1.56. The molecule has 2 N–H and O–H groups in total. The van der Waals surface area contributed by atoms with Crippen LogP contribution in [0, 0.1) is 5.92 Å². The van der Waals surface area contributed by atoms with Crippen LogP contribution in [-0.2, 0) is 31.8 Å². The predicted octanol–water partition coefficient (Wildman–Crippen LogP) is 4.01. The van der Waals surface area contributed by atoms with Crippen LogP contribution in [0.4, 0.5) is 10.5 Å². The van der Waals surface area contributed by atoms with E-state index >= 15 is 0 Å². The van der Waals surface area contributed by atoms with Crippen molar-refractivity contribution in [3.63, 3.8) is 0 Å². The number of pyridine rings is 1. The van der Waals surface area contributed by atoms with Crippen LogP contribution in [0.15, 0.2) is 12.1 Å². The number of aromatic nitrogens is 1. The Kier molecular flexibility index (Phi) is 8.21. The maximum Gasteiger partial charge on any atom is 0.408 e. The zero-order chi connectivity index (χ0) is 24.1. The van der Waals surface area contributed by atoms with Crippen LogP contribution in [0.5, 0.6) is 0 Å². The molecule has 1 aliphatic heterocycles. The maximum atomic E-state index is 12.3. The van der Waals surface area contributed by atoms with Crippen LogP contribution in [-0.4, -0.2) is 54.6 Å². The number of nitrogens with zero attached hydrogens (tertiary/aromatic N) is 1. The summed E-state index contributed by atoms with van der Waals surface area (Å²) in [7, 11) is 1.31. The van der Waals surface area contributed by atoms with Crippen molar-refractivity contribution in [1.29, 1.82) is 0 Å². The quantitative estimate of drug-likeness (QED) is 0.536. The third-order valence-corrected chi connectivity index (χ3v) is 6.39. The van der Waals surface area contributed by atoms with Crippen molar-refractivity contribution in [3.8, 4) is 0 Å². The molecule has 1 saturated carbocycles. The Morgan fingerprint density at radius 2 is 2.00 bits per heavy atom. The molecule has 184 valence electrons. The normalized spacial score (nSPS) is 18.7. The lowest BCUT2D eigenvalue weighted by molar-refractivity contribution is -0.149. The number of aryl methyl sites for hydroxylation is 2. The van der Waals surface area contributed by atoms with Crippen LogP contribution < -0.4 is 10.6 Å².